The molecule has 3 rings (SSSR count). The molecule has 1 aromatic rings. The van der Waals surface area contributed by atoms with Crippen LogP contribution in [-0.4, -0.2) is 26.3 Å². The zero-order valence-electron chi connectivity index (χ0n) is 10.1. The Bertz CT molecular complexity index is 394. The van der Waals surface area contributed by atoms with Gasteiger partial charge in [-0.3, -0.25) is 4.57 Å². The Morgan fingerprint density at radius 2 is 1.82 bits per heavy atom. The van der Waals surface area contributed by atoms with E-state index >= 15 is 0 Å². The molecule has 2 aliphatic carbocycles. The van der Waals surface area contributed by atoms with Crippen molar-refractivity contribution in [3.8, 4) is 0 Å². The van der Waals surface area contributed by atoms with Gasteiger partial charge in [0.2, 0.25) is 5.28 Å². The van der Waals surface area contributed by atoms with Crippen LogP contribution in [0.3, 0.4) is 0 Å². The molecule has 0 aromatic carbocycles. The van der Waals surface area contributed by atoms with E-state index in [9.17, 15) is 0 Å². The van der Waals surface area contributed by atoms with Crippen LogP contribution in [0.15, 0.2) is 0 Å². The summed E-state index contributed by atoms with van der Waals surface area (Å²) in [6.07, 6.45) is 9.78. The van der Waals surface area contributed by atoms with Gasteiger partial charge in [-0.05, 0) is 56.4 Å². The minimum absolute atomic E-state index is 0.538. The lowest BCUT2D eigenvalue weighted by atomic mass is 9.94. The lowest BCUT2D eigenvalue weighted by Crippen LogP contribution is -2.21. The van der Waals surface area contributed by atoms with Crippen LogP contribution in [0.4, 0.5) is 0 Å². The molecule has 2 aliphatic rings. The average Bonchev–Trinajstić information content (AvgIpc) is 3.13. The summed E-state index contributed by atoms with van der Waals surface area (Å²) in [5, 5.41) is 9.77. The zero-order valence-corrected chi connectivity index (χ0v) is 11.7. The summed E-state index contributed by atoms with van der Waals surface area (Å²) >= 11 is 8.20. The molecule has 0 radical (unpaired) electrons. The first-order valence-corrected chi connectivity index (χ1v) is 8.09. The SMILES string of the molecule is CSC1CCC(n2c(Cl)nnc2C2CC2)CC1. The third-order valence-corrected chi connectivity index (χ3v) is 5.36. The second-order valence-electron chi connectivity index (χ2n) is 5.14. The summed E-state index contributed by atoms with van der Waals surface area (Å²) in [4.78, 5) is 0. The molecule has 0 unspecified atom stereocenters. The van der Waals surface area contributed by atoms with Gasteiger partial charge in [0.05, 0.1) is 0 Å². The summed E-state index contributed by atoms with van der Waals surface area (Å²) in [5.41, 5.74) is 0. The van der Waals surface area contributed by atoms with Crippen molar-refractivity contribution >= 4 is 23.4 Å². The fourth-order valence-corrected chi connectivity index (χ4v) is 3.79. The van der Waals surface area contributed by atoms with Gasteiger partial charge in [-0.2, -0.15) is 11.8 Å². The highest BCUT2D eigenvalue weighted by Crippen LogP contribution is 2.43. The van der Waals surface area contributed by atoms with Gasteiger partial charge >= 0.3 is 0 Å². The highest BCUT2D eigenvalue weighted by atomic mass is 35.5. The number of aromatic nitrogens is 3. The van der Waals surface area contributed by atoms with E-state index in [-0.39, 0.29) is 0 Å². The average molecular weight is 272 g/mol. The van der Waals surface area contributed by atoms with E-state index in [0.29, 0.717) is 17.2 Å². The van der Waals surface area contributed by atoms with E-state index in [0.717, 1.165) is 11.1 Å². The molecule has 2 fully saturated rings. The van der Waals surface area contributed by atoms with Crippen LogP contribution in [0, 0.1) is 0 Å². The Labute approximate surface area is 111 Å². The van der Waals surface area contributed by atoms with E-state index < -0.39 is 0 Å². The van der Waals surface area contributed by atoms with E-state index in [1.807, 2.05) is 11.8 Å². The van der Waals surface area contributed by atoms with Crippen LogP contribution in [0.1, 0.15) is 56.3 Å². The monoisotopic (exact) mass is 271 g/mol. The molecular weight excluding hydrogens is 254 g/mol. The van der Waals surface area contributed by atoms with Crippen molar-refractivity contribution < 1.29 is 0 Å². The summed E-state index contributed by atoms with van der Waals surface area (Å²) < 4.78 is 2.22. The molecule has 2 saturated carbocycles. The van der Waals surface area contributed by atoms with Crippen LogP contribution in [0.25, 0.3) is 0 Å². The number of hydrogen-bond donors (Lipinski definition) is 0. The molecule has 0 spiro atoms. The molecule has 0 amide bonds. The Morgan fingerprint density at radius 1 is 1.12 bits per heavy atom. The molecule has 0 bridgehead atoms. The first-order chi connectivity index (χ1) is 8.29. The van der Waals surface area contributed by atoms with E-state index in [4.69, 9.17) is 11.6 Å². The van der Waals surface area contributed by atoms with Crippen molar-refractivity contribution in [1.29, 1.82) is 0 Å². The molecule has 94 valence electrons. The molecule has 0 saturated heterocycles. The van der Waals surface area contributed by atoms with Gasteiger partial charge in [0, 0.05) is 17.2 Å². The lowest BCUT2D eigenvalue weighted by molar-refractivity contribution is 0.352. The molecule has 0 N–H and O–H groups in total. The Balaban J connectivity index is 1.77. The van der Waals surface area contributed by atoms with Gasteiger partial charge in [0.1, 0.15) is 5.82 Å². The largest absolute Gasteiger partial charge is 0.298 e. The van der Waals surface area contributed by atoms with Crippen LogP contribution in [0.2, 0.25) is 5.28 Å². The Morgan fingerprint density at radius 3 is 2.41 bits per heavy atom. The molecule has 1 heterocycles. The van der Waals surface area contributed by atoms with Crippen LogP contribution < -0.4 is 0 Å². The van der Waals surface area contributed by atoms with Crippen molar-refractivity contribution in [3.63, 3.8) is 0 Å². The normalized spacial score (nSPS) is 29.5. The molecule has 0 aliphatic heterocycles. The molecule has 3 nitrogen and oxygen atoms in total. The second-order valence-corrected chi connectivity index (χ2v) is 6.61. The minimum atomic E-state index is 0.538. The number of hydrogen-bond acceptors (Lipinski definition) is 3. The molecule has 5 heteroatoms. The molecule has 1 aromatic heterocycles. The van der Waals surface area contributed by atoms with Crippen LogP contribution in [-0.2, 0) is 0 Å². The summed E-state index contributed by atoms with van der Waals surface area (Å²) in [5.74, 6) is 1.77. The molecular formula is C12H18ClN3S. The maximum absolute atomic E-state index is 6.20. The van der Waals surface area contributed by atoms with Gasteiger partial charge in [-0.15, -0.1) is 10.2 Å². The maximum atomic E-state index is 6.20. The summed E-state index contributed by atoms with van der Waals surface area (Å²) in [6, 6.07) is 0.538. The summed E-state index contributed by atoms with van der Waals surface area (Å²) in [7, 11) is 0. The highest BCUT2D eigenvalue weighted by Gasteiger charge is 2.33. The minimum Gasteiger partial charge on any atom is -0.298 e. The van der Waals surface area contributed by atoms with Crippen LogP contribution in [0.5, 0.6) is 0 Å². The second kappa shape index (κ2) is 4.81. The topological polar surface area (TPSA) is 30.7 Å². The van der Waals surface area contributed by atoms with Crippen molar-refractivity contribution in [2.24, 2.45) is 0 Å². The van der Waals surface area contributed by atoms with Crippen molar-refractivity contribution in [3.05, 3.63) is 11.1 Å². The van der Waals surface area contributed by atoms with E-state index in [1.54, 1.807) is 0 Å². The zero-order chi connectivity index (χ0) is 11.8. The standard InChI is InChI=1S/C12H18ClN3S/c1-17-10-6-4-9(5-7-10)16-11(8-2-3-8)14-15-12(16)13/h8-10H,2-7H2,1H3. The maximum Gasteiger partial charge on any atom is 0.225 e. The first kappa shape index (κ1) is 11.8. The van der Waals surface area contributed by atoms with Crippen LogP contribution >= 0.6 is 23.4 Å². The van der Waals surface area contributed by atoms with Gasteiger partial charge in [0.15, 0.2) is 0 Å². The molecule has 17 heavy (non-hydrogen) atoms. The smallest absolute Gasteiger partial charge is 0.225 e. The first-order valence-electron chi connectivity index (χ1n) is 6.42. The predicted molar refractivity (Wildman–Crippen MR) is 71.8 cm³/mol. The fourth-order valence-electron chi connectivity index (χ4n) is 2.78. The Hall–Kier alpha value is -0.220. The van der Waals surface area contributed by atoms with Crippen molar-refractivity contribution in [2.75, 3.05) is 6.26 Å². The fraction of sp³-hybridized carbons (Fsp3) is 0.833. The van der Waals surface area contributed by atoms with Gasteiger partial charge in [0.25, 0.3) is 0 Å². The predicted octanol–water partition coefficient (Wildman–Crippen LogP) is 3.66. The summed E-state index contributed by atoms with van der Waals surface area (Å²) in [6.45, 7) is 0. The van der Waals surface area contributed by atoms with E-state index in [1.165, 1.54) is 38.5 Å². The third kappa shape index (κ3) is 2.34. The van der Waals surface area contributed by atoms with Gasteiger partial charge in [-0.1, -0.05) is 0 Å². The molecule has 0 atom stereocenters. The number of rotatable bonds is 3. The Kier molecular flexibility index (Phi) is 3.35. The van der Waals surface area contributed by atoms with Crippen molar-refractivity contribution in [1.82, 2.24) is 14.8 Å². The number of thioether (sulfide) groups is 1. The van der Waals surface area contributed by atoms with Gasteiger partial charge in [-0.25, -0.2) is 0 Å². The number of nitrogens with zero attached hydrogens (tertiary/aromatic N) is 3. The third-order valence-electron chi connectivity index (χ3n) is 3.97. The lowest BCUT2D eigenvalue weighted by Gasteiger charge is -2.29. The van der Waals surface area contributed by atoms with Gasteiger partial charge < -0.3 is 0 Å². The quantitative estimate of drug-likeness (QED) is 0.841. The highest BCUT2D eigenvalue weighted by molar-refractivity contribution is 7.99. The van der Waals surface area contributed by atoms with Crippen molar-refractivity contribution in [2.45, 2.75) is 55.7 Å². The number of halogens is 1. The van der Waals surface area contributed by atoms with E-state index in [2.05, 4.69) is 21.0 Å².